The lowest BCUT2D eigenvalue weighted by Crippen LogP contribution is -2.48. The summed E-state index contributed by atoms with van der Waals surface area (Å²) < 4.78 is 0. The van der Waals surface area contributed by atoms with Crippen molar-refractivity contribution in [2.45, 2.75) is 44.6 Å². The van der Waals surface area contributed by atoms with Crippen LogP contribution in [0.2, 0.25) is 0 Å². The summed E-state index contributed by atoms with van der Waals surface area (Å²) >= 11 is 0. The lowest BCUT2D eigenvalue weighted by molar-refractivity contribution is -0.119. The fourth-order valence-electron chi connectivity index (χ4n) is 3.49. The molecule has 1 aromatic heterocycles. The molecule has 24 heavy (non-hydrogen) atoms. The van der Waals surface area contributed by atoms with Crippen LogP contribution < -0.4 is 5.32 Å². The second-order valence-corrected chi connectivity index (χ2v) is 6.70. The minimum atomic E-state index is -0.0509. The Hall–Kier alpha value is -2.11. The van der Waals surface area contributed by atoms with E-state index in [0.717, 1.165) is 12.1 Å². The van der Waals surface area contributed by atoms with Crippen LogP contribution in [0.4, 0.5) is 5.69 Å². The molecule has 2 fully saturated rings. The summed E-state index contributed by atoms with van der Waals surface area (Å²) in [4.78, 5) is 31.1. The molecule has 0 atom stereocenters. The number of rotatable bonds is 4. The monoisotopic (exact) mass is 330 g/mol. The Morgan fingerprint density at radius 2 is 1.83 bits per heavy atom. The van der Waals surface area contributed by atoms with Crippen molar-refractivity contribution in [1.29, 1.82) is 0 Å². The predicted octanol–water partition coefficient (Wildman–Crippen LogP) is 2.13. The van der Waals surface area contributed by atoms with Gasteiger partial charge in [0.1, 0.15) is 5.69 Å². The molecule has 0 radical (unpaired) electrons. The van der Waals surface area contributed by atoms with Crippen molar-refractivity contribution in [3.05, 3.63) is 24.0 Å². The predicted molar refractivity (Wildman–Crippen MR) is 92.9 cm³/mol. The number of piperazine rings is 1. The average molecular weight is 330 g/mol. The van der Waals surface area contributed by atoms with Crippen molar-refractivity contribution in [3.63, 3.8) is 0 Å². The van der Waals surface area contributed by atoms with Crippen LogP contribution in [0.3, 0.4) is 0 Å². The van der Waals surface area contributed by atoms with Gasteiger partial charge in [-0.3, -0.25) is 14.6 Å². The van der Waals surface area contributed by atoms with Gasteiger partial charge in [-0.25, -0.2) is 0 Å². The van der Waals surface area contributed by atoms with E-state index in [-0.39, 0.29) is 5.91 Å². The number of aromatic nitrogens is 1. The number of nitrogens with zero attached hydrogens (tertiary/aromatic N) is 3. The van der Waals surface area contributed by atoms with Gasteiger partial charge in [0.25, 0.3) is 5.91 Å². The van der Waals surface area contributed by atoms with Crippen LogP contribution in [0.15, 0.2) is 18.3 Å². The van der Waals surface area contributed by atoms with E-state index in [0.29, 0.717) is 37.9 Å². The minimum absolute atomic E-state index is 0.0509. The van der Waals surface area contributed by atoms with Crippen molar-refractivity contribution in [2.24, 2.45) is 0 Å². The first-order valence-electron chi connectivity index (χ1n) is 8.97. The molecule has 3 rings (SSSR count). The molecule has 6 heteroatoms. The van der Waals surface area contributed by atoms with Crippen LogP contribution in [0.1, 0.15) is 49.0 Å². The van der Waals surface area contributed by atoms with E-state index in [2.05, 4.69) is 10.3 Å². The molecule has 2 heterocycles. The van der Waals surface area contributed by atoms with Gasteiger partial charge in [-0.2, -0.15) is 0 Å². The first-order valence-corrected chi connectivity index (χ1v) is 8.97. The van der Waals surface area contributed by atoms with Gasteiger partial charge in [-0.1, -0.05) is 25.7 Å². The fourth-order valence-corrected chi connectivity index (χ4v) is 3.49. The first-order chi connectivity index (χ1) is 11.8. The molecule has 130 valence electrons. The van der Waals surface area contributed by atoms with Crippen LogP contribution in [0.5, 0.6) is 0 Å². The van der Waals surface area contributed by atoms with Crippen molar-refractivity contribution in [3.8, 4) is 0 Å². The molecular weight excluding hydrogens is 304 g/mol. The molecule has 1 aliphatic carbocycles. The third kappa shape index (κ3) is 4.24. The molecule has 1 saturated heterocycles. The lowest BCUT2D eigenvalue weighted by atomic mass is 10.1. The Balaban J connectivity index is 1.61. The lowest BCUT2D eigenvalue weighted by Gasteiger charge is -2.32. The number of hydrogen-bond acceptors (Lipinski definition) is 4. The minimum Gasteiger partial charge on any atom is -0.382 e. The zero-order valence-electron chi connectivity index (χ0n) is 14.1. The third-order valence-corrected chi connectivity index (χ3v) is 4.96. The van der Waals surface area contributed by atoms with Crippen LogP contribution in [-0.4, -0.2) is 59.3 Å². The molecule has 2 amide bonds. The molecule has 0 bridgehead atoms. The molecule has 1 saturated carbocycles. The molecule has 0 aromatic carbocycles. The molecular formula is C18H26N4O2. The van der Waals surface area contributed by atoms with Crippen molar-refractivity contribution >= 4 is 18.0 Å². The van der Waals surface area contributed by atoms with Crippen LogP contribution >= 0.6 is 0 Å². The molecule has 2 aliphatic rings. The zero-order chi connectivity index (χ0) is 16.8. The SMILES string of the molecule is O=CN1CCN(C(=O)c2cc(NC3CCCCCC3)ccn2)CC1. The highest BCUT2D eigenvalue weighted by molar-refractivity contribution is 5.93. The zero-order valence-corrected chi connectivity index (χ0v) is 14.1. The number of nitrogens with one attached hydrogen (secondary N) is 1. The number of carbonyl (C=O) groups is 2. The van der Waals surface area contributed by atoms with Gasteiger partial charge in [0.2, 0.25) is 6.41 Å². The van der Waals surface area contributed by atoms with E-state index in [9.17, 15) is 9.59 Å². The second-order valence-electron chi connectivity index (χ2n) is 6.70. The standard InChI is InChI=1S/C18H26N4O2/c23-14-21-9-11-22(12-10-21)18(24)17-13-16(7-8-19-17)20-15-5-3-1-2-4-6-15/h7-8,13-15H,1-6,9-12H2,(H,19,20). The second kappa shape index (κ2) is 8.13. The molecule has 1 aromatic rings. The Morgan fingerprint density at radius 3 is 2.50 bits per heavy atom. The summed E-state index contributed by atoms with van der Waals surface area (Å²) in [5.41, 5.74) is 1.46. The third-order valence-electron chi connectivity index (χ3n) is 4.96. The van der Waals surface area contributed by atoms with Crippen LogP contribution in [-0.2, 0) is 4.79 Å². The molecule has 1 N–H and O–H groups in total. The largest absolute Gasteiger partial charge is 0.382 e. The van der Waals surface area contributed by atoms with Crippen LogP contribution in [0, 0.1) is 0 Å². The molecule has 0 unspecified atom stereocenters. The number of anilines is 1. The fraction of sp³-hybridized carbons (Fsp3) is 0.611. The highest BCUT2D eigenvalue weighted by Crippen LogP contribution is 2.21. The summed E-state index contributed by atoms with van der Waals surface area (Å²) in [5.74, 6) is -0.0509. The van der Waals surface area contributed by atoms with Gasteiger partial charge in [0, 0.05) is 44.1 Å². The van der Waals surface area contributed by atoms with Gasteiger partial charge in [-0.05, 0) is 25.0 Å². The van der Waals surface area contributed by atoms with Gasteiger partial charge in [0.05, 0.1) is 0 Å². The normalized spacial score (nSPS) is 19.7. The van der Waals surface area contributed by atoms with Gasteiger partial charge >= 0.3 is 0 Å². The van der Waals surface area contributed by atoms with E-state index in [4.69, 9.17) is 0 Å². The Morgan fingerprint density at radius 1 is 1.12 bits per heavy atom. The maximum absolute atomic E-state index is 12.6. The Kier molecular flexibility index (Phi) is 5.67. The van der Waals surface area contributed by atoms with Crippen molar-refractivity contribution in [2.75, 3.05) is 31.5 Å². The summed E-state index contributed by atoms with van der Waals surface area (Å²) in [6.45, 7) is 2.32. The summed E-state index contributed by atoms with van der Waals surface area (Å²) in [7, 11) is 0. The summed E-state index contributed by atoms with van der Waals surface area (Å²) in [6.07, 6.45) is 10.1. The number of amides is 2. The van der Waals surface area contributed by atoms with Crippen LogP contribution in [0.25, 0.3) is 0 Å². The Labute approximate surface area is 143 Å². The first kappa shape index (κ1) is 16.7. The van der Waals surface area contributed by atoms with E-state index in [1.165, 1.54) is 38.5 Å². The van der Waals surface area contributed by atoms with Gasteiger partial charge < -0.3 is 15.1 Å². The quantitative estimate of drug-likeness (QED) is 0.678. The topological polar surface area (TPSA) is 65.5 Å². The maximum atomic E-state index is 12.6. The highest BCUT2D eigenvalue weighted by atomic mass is 16.2. The smallest absolute Gasteiger partial charge is 0.272 e. The number of hydrogen-bond donors (Lipinski definition) is 1. The molecule has 6 nitrogen and oxygen atoms in total. The number of carbonyl (C=O) groups excluding carboxylic acids is 2. The maximum Gasteiger partial charge on any atom is 0.272 e. The van der Waals surface area contributed by atoms with E-state index < -0.39 is 0 Å². The van der Waals surface area contributed by atoms with E-state index in [1.807, 2.05) is 12.1 Å². The van der Waals surface area contributed by atoms with Gasteiger partial charge in [-0.15, -0.1) is 0 Å². The Bertz CT molecular complexity index is 562. The highest BCUT2D eigenvalue weighted by Gasteiger charge is 2.22. The molecule has 1 aliphatic heterocycles. The average Bonchev–Trinajstić information content (AvgIpc) is 2.90. The summed E-state index contributed by atoms with van der Waals surface area (Å²) in [6, 6.07) is 4.29. The van der Waals surface area contributed by atoms with Crippen molar-refractivity contribution < 1.29 is 9.59 Å². The van der Waals surface area contributed by atoms with Crippen molar-refractivity contribution in [1.82, 2.24) is 14.8 Å². The summed E-state index contributed by atoms with van der Waals surface area (Å²) in [5, 5.41) is 3.57. The van der Waals surface area contributed by atoms with E-state index >= 15 is 0 Å². The van der Waals surface area contributed by atoms with E-state index in [1.54, 1.807) is 16.0 Å². The number of pyridine rings is 1. The molecule has 0 spiro atoms. The van der Waals surface area contributed by atoms with Gasteiger partial charge in [0.15, 0.2) is 0 Å².